The van der Waals surface area contributed by atoms with Crippen LogP contribution in [-0.2, 0) is 0 Å². The van der Waals surface area contributed by atoms with Crippen molar-refractivity contribution in [3.05, 3.63) is 52.6 Å². The first kappa shape index (κ1) is 18.7. The van der Waals surface area contributed by atoms with Crippen LogP contribution in [0.1, 0.15) is 0 Å². The van der Waals surface area contributed by atoms with Crippen LogP contribution in [0, 0.1) is 10.1 Å². The molecule has 0 bridgehead atoms. The number of hydrogen-bond acceptors (Lipinski definition) is 6. The molecule has 27 heavy (non-hydrogen) atoms. The van der Waals surface area contributed by atoms with E-state index in [4.69, 9.17) is 4.74 Å². The average Bonchev–Trinajstić information content (AvgIpc) is 2.68. The van der Waals surface area contributed by atoms with E-state index in [-0.39, 0.29) is 11.4 Å². The summed E-state index contributed by atoms with van der Waals surface area (Å²) in [7, 11) is 1.61. The van der Waals surface area contributed by atoms with Crippen LogP contribution in [0.15, 0.2) is 42.5 Å². The van der Waals surface area contributed by atoms with Gasteiger partial charge < -0.3 is 19.3 Å². The minimum atomic E-state index is -3.05. The van der Waals surface area contributed by atoms with Gasteiger partial charge in [-0.05, 0) is 30.3 Å². The van der Waals surface area contributed by atoms with Gasteiger partial charge in [0.2, 0.25) is 0 Å². The van der Waals surface area contributed by atoms with Crippen LogP contribution in [-0.4, -0.2) is 44.8 Å². The molecule has 7 nitrogen and oxygen atoms in total. The second-order valence-electron chi connectivity index (χ2n) is 5.96. The van der Waals surface area contributed by atoms with Crippen LogP contribution in [0.25, 0.3) is 0 Å². The lowest BCUT2D eigenvalue weighted by Gasteiger charge is -2.37. The molecule has 9 heteroatoms. The van der Waals surface area contributed by atoms with E-state index in [1.165, 1.54) is 12.1 Å². The van der Waals surface area contributed by atoms with Crippen LogP contribution >= 0.6 is 0 Å². The molecular formula is C18H19F2N3O4. The Balaban J connectivity index is 1.73. The Hall–Kier alpha value is -3.10. The molecule has 1 fully saturated rings. The van der Waals surface area contributed by atoms with E-state index in [1.54, 1.807) is 7.11 Å². The van der Waals surface area contributed by atoms with Crippen molar-refractivity contribution in [2.75, 3.05) is 43.1 Å². The van der Waals surface area contributed by atoms with E-state index < -0.39 is 11.5 Å². The summed E-state index contributed by atoms with van der Waals surface area (Å²) in [6.45, 7) is -0.548. The molecular weight excluding hydrogens is 360 g/mol. The number of rotatable bonds is 6. The highest BCUT2D eigenvalue weighted by molar-refractivity contribution is 5.63. The Labute approximate surface area is 154 Å². The summed E-state index contributed by atoms with van der Waals surface area (Å²) in [5.41, 5.74) is 1.18. The molecule has 3 rings (SSSR count). The number of nitro benzene ring substituents is 1. The first-order chi connectivity index (χ1) is 13.0. The van der Waals surface area contributed by atoms with Gasteiger partial charge in [-0.1, -0.05) is 0 Å². The highest BCUT2D eigenvalue weighted by Crippen LogP contribution is 2.34. The Bertz CT molecular complexity index is 794. The average molecular weight is 379 g/mol. The third kappa shape index (κ3) is 4.36. The van der Waals surface area contributed by atoms with Gasteiger partial charge in [0.1, 0.15) is 5.75 Å². The fraction of sp³-hybridized carbons (Fsp3) is 0.333. The molecule has 2 aromatic carbocycles. The first-order valence-electron chi connectivity index (χ1n) is 8.35. The van der Waals surface area contributed by atoms with E-state index in [1.807, 2.05) is 29.2 Å². The molecule has 1 aliphatic rings. The molecule has 0 aliphatic carbocycles. The van der Waals surface area contributed by atoms with Crippen molar-refractivity contribution >= 4 is 17.1 Å². The second kappa shape index (κ2) is 8.07. The molecule has 0 amide bonds. The number of piperazine rings is 1. The maximum atomic E-state index is 12.7. The van der Waals surface area contributed by atoms with E-state index in [0.29, 0.717) is 31.9 Å². The lowest BCUT2D eigenvalue weighted by Crippen LogP contribution is -2.46. The molecule has 1 heterocycles. The monoisotopic (exact) mass is 379 g/mol. The number of non-ortho nitro benzene ring substituents is 1. The summed E-state index contributed by atoms with van der Waals surface area (Å²) < 4.78 is 35.1. The van der Waals surface area contributed by atoms with Crippen molar-refractivity contribution in [2.45, 2.75) is 6.61 Å². The molecule has 0 saturated carbocycles. The maximum absolute atomic E-state index is 12.7. The topological polar surface area (TPSA) is 68.1 Å². The molecule has 144 valence electrons. The first-order valence-corrected chi connectivity index (χ1v) is 8.35. The number of halogens is 2. The molecule has 0 atom stereocenters. The van der Waals surface area contributed by atoms with Gasteiger partial charge in [-0.15, -0.1) is 0 Å². The van der Waals surface area contributed by atoms with E-state index in [0.717, 1.165) is 17.5 Å². The Morgan fingerprint density at radius 3 is 2.22 bits per heavy atom. The number of alkyl halides is 2. The van der Waals surface area contributed by atoms with Gasteiger partial charge in [-0.25, -0.2) is 0 Å². The van der Waals surface area contributed by atoms with E-state index in [9.17, 15) is 18.9 Å². The highest BCUT2D eigenvalue weighted by Gasteiger charge is 2.23. The second-order valence-corrected chi connectivity index (χ2v) is 5.96. The van der Waals surface area contributed by atoms with Gasteiger partial charge in [0.25, 0.3) is 5.69 Å². The third-order valence-electron chi connectivity index (χ3n) is 4.43. The zero-order chi connectivity index (χ0) is 19.4. The lowest BCUT2D eigenvalue weighted by molar-refractivity contribution is -0.385. The van der Waals surface area contributed by atoms with Crippen LogP contribution < -0.4 is 19.3 Å². The molecule has 0 unspecified atom stereocenters. The minimum absolute atomic E-state index is 0.183. The zero-order valence-electron chi connectivity index (χ0n) is 14.7. The van der Waals surface area contributed by atoms with Crippen molar-refractivity contribution in [1.82, 2.24) is 0 Å². The number of ether oxygens (including phenoxy) is 2. The normalized spacial score (nSPS) is 14.4. The van der Waals surface area contributed by atoms with Crippen molar-refractivity contribution in [3.8, 4) is 11.5 Å². The van der Waals surface area contributed by atoms with Crippen molar-refractivity contribution in [2.24, 2.45) is 0 Å². The van der Waals surface area contributed by atoms with Gasteiger partial charge in [-0.3, -0.25) is 10.1 Å². The number of nitro groups is 1. The lowest BCUT2D eigenvalue weighted by atomic mass is 10.2. The highest BCUT2D eigenvalue weighted by atomic mass is 19.3. The summed E-state index contributed by atoms with van der Waals surface area (Å²) >= 11 is 0. The predicted molar refractivity (Wildman–Crippen MR) is 97.1 cm³/mol. The Kier molecular flexibility index (Phi) is 5.58. The summed E-state index contributed by atoms with van der Waals surface area (Å²) in [6, 6.07) is 11.5. The SMILES string of the molecule is COc1ccc(N2CCN(c3ccc([N+](=O)[O-])cc3OC(F)F)CC2)cc1. The van der Waals surface area contributed by atoms with Gasteiger partial charge in [0.05, 0.1) is 23.8 Å². The quantitative estimate of drug-likeness (QED) is 0.565. The van der Waals surface area contributed by atoms with Crippen molar-refractivity contribution < 1.29 is 23.2 Å². The van der Waals surface area contributed by atoms with Crippen LogP contribution in [0.5, 0.6) is 11.5 Å². The number of methoxy groups -OCH3 is 1. The summed E-state index contributed by atoms with van der Waals surface area (Å²) in [4.78, 5) is 14.3. The summed E-state index contributed by atoms with van der Waals surface area (Å²) in [5, 5.41) is 10.9. The molecule has 0 N–H and O–H groups in total. The smallest absolute Gasteiger partial charge is 0.387 e. The molecule has 0 radical (unpaired) electrons. The fourth-order valence-electron chi connectivity index (χ4n) is 3.07. The number of nitrogens with zero attached hydrogens (tertiary/aromatic N) is 3. The minimum Gasteiger partial charge on any atom is -0.497 e. The van der Waals surface area contributed by atoms with Crippen LogP contribution in [0.2, 0.25) is 0 Å². The molecule has 2 aromatic rings. The third-order valence-corrected chi connectivity index (χ3v) is 4.43. The van der Waals surface area contributed by atoms with Crippen LogP contribution in [0.4, 0.5) is 25.8 Å². The van der Waals surface area contributed by atoms with Gasteiger partial charge in [0.15, 0.2) is 5.75 Å². The predicted octanol–water partition coefficient (Wildman–Crippen LogP) is 3.53. The molecule has 0 spiro atoms. The van der Waals surface area contributed by atoms with E-state index >= 15 is 0 Å². The maximum Gasteiger partial charge on any atom is 0.387 e. The number of benzene rings is 2. The van der Waals surface area contributed by atoms with Gasteiger partial charge >= 0.3 is 6.61 Å². The molecule has 0 aromatic heterocycles. The van der Waals surface area contributed by atoms with Gasteiger partial charge in [0, 0.05) is 37.9 Å². The standard InChI is InChI=1S/C18H19F2N3O4/c1-26-15-5-2-13(3-6-15)21-8-10-22(11-9-21)16-7-4-14(23(24)25)12-17(16)27-18(19)20/h2-7,12,18H,8-11H2,1H3. The Morgan fingerprint density at radius 2 is 1.67 bits per heavy atom. The number of anilines is 2. The number of hydrogen-bond donors (Lipinski definition) is 0. The zero-order valence-corrected chi connectivity index (χ0v) is 14.7. The largest absolute Gasteiger partial charge is 0.497 e. The molecule has 1 saturated heterocycles. The van der Waals surface area contributed by atoms with Crippen molar-refractivity contribution in [1.29, 1.82) is 0 Å². The Morgan fingerprint density at radius 1 is 1.04 bits per heavy atom. The van der Waals surface area contributed by atoms with Crippen LogP contribution in [0.3, 0.4) is 0 Å². The summed E-state index contributed by atoms with van der Waals surface area (Å²) in [6.07, 6.45) is 0. The molecule has 1 aliphatic heterocycles. The van der Waals surface area contributed by atoms with E-state index in [2.05, 4.69) is 9.64 Å². The fourth-order valence-corrected chi connectivity index (χ4v) is 3.07. The van der Waals surface area contributed by atoms with Gasteiger partial charge in [-0.2, -0.15) is 8.78 Å². The van der Waals surface area contributed by atoms with Crippen molar-refractivity contribution in [3.63, 3.8) is 0 Å². The summed E-state index contributed by atoms with van der Waals surface area (Å²) in [5.74, 6) is 0.592.